The van der Waals surface area contributed by atoms with Gasteiger partial charge in [0.05, 0.1) is 6.10 Å². The van der Waals surface area contributed by atoms with Crippen LogP contribution < -0.4 is 0 Å². The second-order valence-electron chi connectivity index (χ2n) is 2.64. The highest BCUT2D eigenvalue weighted by Crippen LogP contribution is 2.18. The van der Waals surface area contributed by atoms with Gasteiger partial charge in [0.1, 0.15) is 6.79 Å². The van der Waals surface area contributed by atoms with Crippen LogP contribution in [0.1, 0.15) is 25.7 Å². The smallest absolute Gasteiger partial charge is 0.146 e. The van der Waals surface area contributed by atoms with E-state index in [0.717, 1.165) is 0 Å². The normalized spacial score (nSPS) is 21.3. The summed E-state index contributed by atoms with van der Waals surface area (Å²) in [5.41, 5.74) is 0. The summed E-state index contributed by atoms with van der Waals surface area (Å²) in [4.78, 5) is 0. The average molecular weight is 143 g/mol. The Balaban J connectivity index is 2.02. The van der Waals surface area contributed by atoms with E-state index < -0.39 is 0 Å². The number of hydrogen-bond acceptors (Lipinski definition) is 2. The molecule has 0 amide bonds. The lowest BCUT2D eigenvalue weighted by molar-refractivity contribution is -0.0792. The Morgan fingerprint density at radius 2 is 2.10 bits per heavy atom. The van der Waals surface area contributed by atoms with Crippen LogP contribution in [-0.4, -0.2) is 20.0 Å². The molecule has 0 spiro atoms. The van der Waals surface area contributed by atoms with Crippen molar-refractivity contribution in [1.29, 1.82) is 0 Å². The Hall–Kier alpha value is -0.0800. The zero-order chi connectivity index (χ0) is 7.23. The van der Waals surface area contributed by atoms with Crippen molar-refractivity contribution in [1.82, 2.24) is 0 Å². The molecule has 0 aromatic rings. The number of methoxy groups -OCH3 is 1. The van der Waals surface area contributed by atoms with Gasteiger partial charge in [0.2, 0.25) is 0 Å². The zero-order valence-electron chi connectivity index (χ0n) is 6.51. The lowest BCUT2D eigenvalue weighted by Gasteiger charge is -2.20. The minimum atomic E-state index is 0.449. The third-order valence-electron chi connectivity index (χ3n) is 1.81. The van der Waals surface area contributed by atoms with Crippen LogP contribution in [0.2, 0.25) is 0 Å². The van der Waals surface area contributed by atoms with E-state index in [9.17, 15) is 0 Å². The number of ether oxygens (including phenoxy) is 2. The highest BCUT2D eigenvalue weighted by molar-refractivity contribution is 4.76. The summed E-state index contributed by atoms with van der Waals surface area (Å²) in [7, 11) is 1.66. The Morgan fingerprint density at radius 3 is 2.70 bits per heavy atom. The predicted octanol–water partition coefficient (Wildman–Crippen LogP) is 1.75. The molecule has 0 bridgehead atoms. The summed E-state index contributed by atoms with van der Waals surface area (Å²) in [6, 6.07) is 0. The molecular weight excluding hydrogens is 128 g/mol. The maximum Gasteiger partial charge on any atom is 0.146 e. The van der Waals surface area contributed by atoms with E-state index in [1.54, 1.807) is 7.11 Å². The lowest BCUT2D eigenvalue weighted by Crippen LogP contribution is -2.17. The fourth-order valence-electron chi connectivity index (χ4n) is 1.23. The first-order valence-corrected chi connectivity index (χ1v) is 3.85. The van der Waals surface area contributed by atoms with Crippen LogP contribution in [0.4, 0.5) is 0 Å². The molecule has 1 fully saturated rings. The first-order valence-electron chi connectivity index (χ1n) is 3.85. The van der Waals surface area contributed by atoms with Crippen LogP contribution in [-0.2, 0) is 9.47 Å². The Bertz CT molecular complexity index is 77.3. The van der Waals surface area contributed by atoms with Crippen molar-refractivity contribution in [2.24, 2.45) is 0 Å². The molecule has 0 saturated heterocycles. The molecule has 0 aromatic carbocycles. The van der Waals surface area contributed by atoms with E-state index in [2.05, 4.69) is 6.42 Å². The molecule has 0 atom stereocenters. The van der Waals surface area contributed by atoms with Gasteiger partial charge in [-0.3, -0.25) is 0 Å². The molecule has 2 nitrogen and oxygen atoms in total. The van der Waals surface area contributed by atoms with Gasteiger partial charge in [-0.25, -0.2) is 0 Å². The van der Waals surface area contributed by atoms with Crippen LogP contribution in [0, 0.1) is 6.42 Å². The van der Waals surface area contributed by atoms with Crippen molar-refractivity contribution in [2.75, 3.05) is 13.9 Å². The quantitative estimate of drug-likeness (QED) is 0.560. The van der Waals surface area contributed by atoms with E-state index in [-0.39, 0.29) is 0 Å². The van der Waals surface area contributed by atoms with Gasteiger partial charge >= 0.3 is 0 Å². The SMILES string of the molecule is COCOC1CC[CH]CC1. The molecule has 2 heteroatoms. The van der Waals surface area contributed by atoms with Gasteiger partial charge in [-0.15, -0.1) is 0 Å². The van der Waals surface area contributed by atoms with Crippen molar-refractivity contribution in [3.63, 3.8) is 0 Å². The van der Waals surface area contributed by atoms with Gasteiger partial charge < -0.3 is 9.47 Å². The van der Waals surface area contributed by atoms with Gasteiger partial charge in [0, 0.05) is 7.11 Å². The summed E-state index contributed by atoms with van der Waals surface area (Å²) in [6.07, 6.45) is 7.52. The summed E-state index contributed by atoms with van der Waals surface area (Å²) in [5, 5.41) is 0. The second-order valence-corrected chi connectivity index (χ2v) is 2.64. The van der Waals surface area contributed by atoms with E-state index in [1.165, 1.54) is 25.7 Å². The number of rotatable bonds is 3. The highest BCUT2D eigenvalue weighted by Gasteiger charge is 2.12. The molecule has 1 saturated carbocycles. The van der Waals surface area contributed by atoms with Crippen molar-refractivity contribution in [2.45, 2.75) is 31.8 Å². The molecule has 0 heterocycles. The van der Waals surface area contributed by atoms with Gasteiger partial charge in [0.25, 0.3) is 0 Å². The first-order chi connectivity index (χ1) is 4.93. The minimum absolute atomic E-state index is 0.449. The Morgan fingerprint density at radius 1 is 1.40 bits per heavy atom. The van der Waals surface area contributed by atoms with Crippen LogP contribution in [0.25, 0.3) is 0 Å². The fraction of sp³-hybridized carbons (Fsp3) is 0.875. The second kappa shape index (κ2) is 4.69. The first kappa shape index (κ1) is 8.02. The van der Waals surface area contributed by atoms with E-state index in [4.69, 9.17) is 9.47 Å². The van der Waals surface area contributed by atoms with Crippen molar-refractivity contribution in [3.8, 4) is 0 Å². The summed E-state index contributed by atoms with van der Waals surface area (Å²) >= 11 is 0. The molecule has 59 valence electrons. The molecular formula is C8H15O2. The third-order valence-corrected chi connectivity index (χ3v) is 1.81. The summed E-state index contributed by atoms with van der Waals surface area (Å²) in [6.45, 7) is 0.449. The fourth-order valence-corrected chi connectivity index (χ4v) is 1.23. The van der Waals surface area contributed by atoms with Gasteiger partial charge in [-0.05, 0) is 32.1 Å². The molecule has 0 aliphatic heterocycles. The predicted molar refractivity (Wildman–Crippen MR) is 39.5 cm³/mol. The van der Waals surface area contributed by atoms with E-state index in [1.807, 2.05) is 0 Å². The van der Waals surface area contributed by atoms with Crippen molar-refractivity contribution in [3.05, 3.63) is 6.42 Å². The number of hydrogen-bond donors (Lipinski definition) is 0. The summed E-state index contributed by atoms with van der Waals surface area (Å²) in [5.74, 6) is 0. The maximum atomic E-state index is 5.39. The molecule has 1 aliphatic rings. The molecule has 0 N–H and O–H groups in total. The van der Waals surface area contributed by atoms with Crippen LogP contribution in [0.5, 0.6) is 0 Å². The van der Waals surface area contributed by atoms with Crippen LogP contribution in [0.15, 0.2) is 0 Å². The molecule has 1 aliphatic carbocycles. The molecule has 1 radical (unpaired) electrons. The van der Waals surface area contributed by atoms with Gasteiger partial charge in [0.15, 0.2) is 0 Å². The topological polar surface area (TPSA) is 18.5 Å². The molecule has 10 heavy (non-hydrogen) atoms. The lowest BCUT2D eigenvalue weighted by atomic mass is 9.98. The summed E-state index contributed by atoms with van der Waals surface area (Å²) < 4.78 is 10.2. The monoisotopic (exact) mass is 143 g/mol. The molecule has 0 aromatic heterocycles. The van der Waals surface area contributed by atoms with E-state index >= 15 is 0 Å². The van der Waals surface area contributed by atoms with Gasteiger partial charge in [-0.2, -0.15) is 0 Å². The average Bonchev–Trinajstić information content (AvgIpc) is 2.03. The third kappa shape index (κ3) is 2.67. The van der Waals surface area contributed by atoms with Gasteiger partial charge in [-0.1, -0.05) is 0 Å². The van der Waals surface area contributed by atoms with Crippen molar-refractivity contribution >= 4 is 0 Å². The largest absolute Gasteiger partial charge is 0.359 e. The standard InChI is InChI=1S/C8H15O2/c1-9-7-10-8-5-3-2-4-6-8/h2,8H,3-7H2,1H3. The maximum absolute atomic E-state index is 5.39. The van der Waals surface area contributed by atoms with Crippen molar-refractivity contribution < 1.29 is 9.47 Å². The Kier molecular flexibility index (Phi) is 3.76. The van der Waals surface area contributed by atoms with Crippen LogP contribution >= 0.6 is 0 Å². The Labute approximate surface area is 62.5 Å². The van der Waals surface area contributed by atoms with Crippen LogP contribution in [0.3, 0.4) is 0 Å². The minimum Gasteiger partial charge on any atom is -0.359 e. The zero-order valence-corrected chi connectivity index (χ0v) is 6.51. The molecule has 0 unspecified atom stereocenters. The molecule has 1 rings (SSSR count). The van der Waals surface area contributed by atoms with E-state index in [0.29, 0.717) is 12.9 Å². The highest BCUT2D eigenvalue weighted by atomic mass is 16.7.